The summed E-state index contributed by atoms with van der Waals surface area (Å²) in [6.45, 7) is 3.41. The van der Waals surface area contributed by atoms with E-state index in [4.69, 9.17) is 9.15 Å². The highest BCUT2D eigenvalue weighted by atomic mass is 32.2. The first-order valence-corrected chi connectivity index (χ1v) is 16.6. The zero-order valence-corrected chi connectivity index (χ0v) is 24.9. The summed E-state index contributed by atoms with van der Waals surface area (Å²) in [6.07, 6.45) is -0.614. The SMILES string of the molecule is CNC(=O)c1c(-c2ccc(F)cc2)oc2cc3c(cc12)[C@H](C)O[C@H](CS(=O)(=O)N1CCN(C)CC1)CN3S(C)(=O)=O. The van der Waals surface area contributed by atoms with Crippen LogP contribution >= 0.6 is 0 Å². The highest BCUT2D eigenvalue weighted by Gasteiger charge is 2.37. The second-order valence-corrected chi connectivity index (χ2v) is 14.4. The summed E-state index contributed by atoms with van der Waals surface area (Å²) in [4.78, 5) is 15.1. The molecule has 0 aliphatic carbocycles. The number of carbonyl (C=O) groups is 1. The maximum atomic E-state index is 13.6. The molecule has 222 valence electrons. The van der Waals surface area contributed by atoms with Crippen LogP contribution in [0, 0.1) is 5.82 Å². The Labute approximate surface area is 238 Å². The fourth-order valence-electron chi connectivity index (χ4n) is 5.35. The zero-order chi connectivity index (χ0) is 29.7. The number of sulfonamides is 2. The number of nitrogens with one attached hydrogen (secondary N) is 1. The minimum Gasteiger partial charge on any atom is -0.455 e. The number of hydrogen-bond donors (Lipinski definition) is 1. The lowest BCUT2D eigenvalue weighted by Gasteiger charge is -2.33. The molecule has 5 rings (SSSR count). The summed E-state index contributed by atoms with van der Waals surface area (Å²) in [5, 5.41) is 3.01. The van der Waals surface area contributed by atoms with Crippen molar-refractivity contribution in [3.63, 3.8) is 0 Å². The summed E-state index contributed by atoms with van der Waals surface area (Å²) >= 11 is 0. The molecule has 1 amide bonds. The molecule has 1 aromatic heterocycles. The molecule has 1 N–H and O–H groups in total. The van der Waals surface area contributed by atoms with Crippen molar-refractivity contribution in [2.75, 3.05) is 63.1 Å². The van der Waals surface area contributed by atoms with E-state index in [9.17, 15) is 26.0 Å². The number of nitrogens with zero attached hydrogens (tertiary/aromatic N) is 3. The van der Waals surface area contributed by atoms with Crippen molar-refractivity contribution in [1.29, 1.82) is 0 Å². The maximum Gasteiger partial charge on any atom is 0.255 e. The molecule has 3 aromatic rings. The number of likely N-dealkylation sites (N-methyl/N-ethyl adjacent to an activating group) is 1. The second-order valence-electron chi connectivity index (χ2n) is 10.5. The molecule has 0 saturated carbocycles. The van der Waals surface area contributed by atoms with Gasteiger partial charge in [-0.1, -0.05) is 0 Å². The lowest BCUT2D eigenvalue weighted by Crippen LogP contribution is -2.50. The lowest BCUT2D eigenvalue weighted by atomic mass is 10.0. The van der Waals surface area contributed by atoms with Gasteiger partial charge in [0.1, 0.15) is 17.2 Å². The Kier molecular flexibility index (Phi) is 7.89. The molecule has 2 aliphatic heterocycles. The Morgan fingerprint density at radius 3 is 2.34 bits per heavy atom. The van der Waals surface area contributed by atoms with E-state index in [0.29, 0.717) is 42.7 Å². The average Bonchev–Trinajstić information content (AvgIpc) is 3.22. The first-order chi connectivity index (χ1) is 19.3. The Morgan fingerprint density at radius 2 is 1.73 bits per heavy atom. The summed E-state index contributed by atoms with van der Waals surface area (Å²) in [5.41, 5.74) is 1.64. The quantitative estimate of drug-likeness (QED) is 0.452. The van der Waals surface area contributed by atoms with Crippen molar-refractivity contribution in [2.24, 2.45) is 0 Å². The highest BCUT2D eigenvalue weighted by molar-refractivity contribution is 7.92. The van der Waals surface area contributed by atoms with Crippen molar-refractivity contribution >= 4 is 42.6 Å². The van der Waals surface area contributed by atoms with Crippen molar-refractivity contribution in [2.45, 2.75) is 19.1 Å². The smallest absolute Gasteiger partial charge is 0.255 e. The first kappa shape index (κ1) is 29.5. The number of hydrogen-bond acceptors (Lipinski definition) is 8. The summed E-state index contributed by atoms with van der Waals surface area (Å²) in [5.74, 6) is -1.07. The second kappa shape index (κ2) is 11.0. The number of fused-ring (bicyclic) bond motifs is 2. The third-order valence-electron chi connectivity index (χ3n) is 7.52. The molecule has 0 spiro atoms. The van der Waals surface area contributed by atoms with E-state index in [2.05, 4.69) is 5.32 Å². The minimum absolute atomic E-state index is 0.202. The van der Waals surface area contributed by atoms with Crippen LogP contribution in [0.25, 0.3) is 22.3 Å². The van der Waals surface area contributed by atoms with E-state index in [1.165, 1.54) is 41.7 Å². The van der Waals surface area contributed by atoms with Crippen LogP contribution in [0.2, 0.25) is 0 Å². The van der Waals surface area contributed by atoms with Crippen molar-refractivity contribution in [1.82, 2.24) is 14.5 Å². The van der Waals surface area contributed by atoms with Gasteiger partial charge in [0.15, 0.2) is 0 Å². The number of benzene rings is 2. The standard InChI is InChI=1S/C27H33FN4O7S2/c1-17-21-13-22-24(39-26(25(22)27(33)29-2)18-5-7-19(28)8-6-18)14-23(21)32(40(4,34)35)15-20(38-17)16-41(36,37)31-11-9-30(3)10-12-31/h5-8,13-14,17,20H,9-12,15-16H2,1-4H3,(H,29,33)/t17-,20-/m0/s1. The van der Waals surface area contributed by atoms with Crippen LogP contribution in [0.5, 0.6) is 0 Å². The van der Waals surface area contributed by atoms with Crippen LogP contribution < -0.4 is 9.62 Å². The van der Waals surface area contributed by atoms with Gasteiger partial charge in [0, 0.05) is 55.8 Å². The molecular formula is C27H33FN4O7S2. The van der Waals surface area contributed by atoms with Gasteiger partial charge in [-0.3, -0.25) is 9.10 Å². The van der Waals surface area contributed by atoms with E-state index in [0.717, 1.165) is 10.6 Å². The van der Waals surface area contributed by atoms with Crippen LogP contribution in [-0.4, -0.2) is 96.9 Å². The fourth-order valence-corrected chi connectivity index (χ4v) is 7.88. The van der Waals surface area contributed by atoms with E-state index in [1.807, 2.05) is 11.9 Å². The Morgan fingerprint density at radius 1 is 1.07 bits per heavy atom. The van der Waals surface area contributed by atoms with Gasteiger partial charge in [-0.25, -0.2) is 21.2 Å². The van der Waals surface area contributed by atoms with Gasteiger partial charge >= 0.3 is 0 Å². The van der Waals surface area contributed by atoms with Gasteiger partial charge in [-0.05, 0) is 44.3 Å². The molecule has 2 aromatic carbocycles. The topological polar surface area (TPSA) is 129 Å². The number of halogens is 1. The molecule has 0 bridgehead atoms. The number of anilines is 1. The normalized spacial score (nSPS) is 21.0. The van der Waals surface area contributed by atoms with E-state index >= 15 is 0 Å². The third-order valence-corrected chi connectivity index (χ3v) is 10.6. The molecule has 3 heterocycles. The number of carbonyl (C=O) groups excluding carboxylic acids is 1. The van der Waals surface area contributed by atoms with Crippen molar-refractivity contribution in [3.05, 3.63) is 53.3 Å². The van der Waals surface area contributed by atoms with Gasteiger partial charge in [-0.15, -0.1) is 0 Å². The van der Waals surface area contributed by atoms with E-state index < -0.39 is 44.0 Å². The minimum atomic E-state index is -3.88. The molecule has 11 nitrogen and oxygen atoms in total. The molecule has 0 radical (unpaired) electrons. The fraction of sp³-hybridized carbons (Fsp3) is 0.444. The van der Waals surface area contributed by atoms with Crippen LogP contribution in [-0.2, 0) is 24.8 Å². The molecule has 2 aliphatic rings. The van der Waals surface area contributed by atoms with Gasteiger partial charge in [0.25, 0.3) is 5.91 Å². The maximum absolute atomic E-state index is 13.6. The van der Waals surface area contributed by atoms with Crippen molar-refractivity contribution in [3.8, 4) is 11.3 Å². The molecule has 1 saturated heterocycles. The third kappa shape index (κ3) is 5.84. The van der Waals surface area contributed by atoms with E-state index in [1.54, 1.807) is 13.0 Å². The highest BCUT2D eigenvalue weighted by Crippen LogP contribution is 2.42. The Balaban J connectivity index is 1.58. The molecule has 2 atom stereocenters. The van der Waals surface area contributed by atoms with Crippen LogP contribution in [0.1, 0.15) is 28.9 Å². The number of amides is 1. The monoisotopic (exact) mass is 608 g/mol. The van der Waals surface area contributed by atoms with Crippen LogP contribution in [0.4, 0.5) is 10.1 Å². The molecule has 1 fully saturated rings. The average molecular weight is 609 g/mol. The Bertz CT molecular complexity index is 1680. The zero-order valence-electron chi connectivity index (χ0n) is 23.3. The summed E-state index contributed by atoms with van der Waals surface area (Å²) in [6, 6.07) is 8.66. The summed E-state index contributed by atoms with van der Waals surface area (Å²) < 4.78 is 81.1. The predicted octanol–water partition coefficient (Wildman–Crippen LogP) is 2.40. The molecule has 41 heavy (non-hydrogen) atoms. The molecule has 0 unspecified atom stereocenters. The predicted molar refractivity (Wildman–Crippen MR) is 153 cm³/mol. The van der Waals surface area contributed by atoms with Gasteiger partial charge in [0.05, 0.1) is 42.0 Å². The van der Waals surface area contributed by atoms with Crippen molar-refractivity contribution < 1.29 is 35.2 Å². The summed E-state index contributed by atoms with van der Waals surface area (Å²) in [7, 11) is -4.21. The van der Waals surface area contributed by atoms with Gasteiger partial charge in [-0.2, -0.15) is 4.31 Å². The molecule has 14 heteroatoms. The van der Waals surface area contributed by atoms with Crippen LogP contribution in [0.15, 0.2) is 40.8 Å². The number of piperazine rings is 1. The largest absolute Gasteiger partial charge is 0.455 e. The number of rotatable bonds is 6. The lowest BCUT2D eigenvalue weighted by molar-refractivity contribution is 0.0186. The number of ether oxygens (including phenoxy) is 1. The van der Waals surface area contributed by atoms with Gasteiger partial charge in [0.2, 0.25) is 20.0 Å². The Hall–Kier alpha value is -3.04. The van der Waals surface area contributed by atoms with E-state index in [-0.39, 0.29) is 34.9 Å². The van der Waals surface area contributed by atoms with Gasteiger partial charge < -0.3 is 19.4 Å². The van der Waals surface area contributed by atoms with Crippen LogP contribution in [0.3, 0.4) is 0 Å². The number of furan rings is 1. The first-order valence-electron chi connectivity index (χ1n) is 13.2. The molecular weight excluding hydrogens is 575 g/mol.